The van der Waals surface area contributed by atoms with Gasteiger partial charge in [-0.3, -0.25) is 4.90 Å². The van der Waals surface area contributed by atoms with E-state index in [0.717, 1.165) is 18.2 Å². The van der Waals surface area contributed by atoms with E-state index in [2.05, 4.69) is 20.1 Å². The lowest BCUT2D eigenvalue weighted by Gasteiger charge is -2.15. The van der Waals surface area contributed by atoms with Crippen LogP contribution < -0.4 is 19.7 Å². The number of ether oxygens (including phenoxy) is 2. The molecule has 5 rings (SSSR count). The number of nitriles is 1. The first kappa shape index (κ1) is 30.6. The maximum Gasteiger partial charge on any atom is 0.323 e. The van der Waals surface area contributed by atoms with E-state index in [-0.39, 0.29) is 58.5 Å². The molecular formula is C29H19ClF4N6O3. The van der Waals surface area contributed by atoms with Gasteiger partial charge in [-0.25, -0.2) is 37.2 Å². The quantitative estimate of drug-likeness (QED) is 0.146. The van der Waals surface area contributed by atoms with E-state index < -0.39 is 23.3 Å². The lowest BCUT2D eigenvalue weighted by molar-refractivity contribution is 0.252. The van der Waals surface area contributed by atoms with Gasteiger partial charge in [0.1, 0.15) is 47.2 Å². The van der Waals surface area contributed by atoms with Crippen molar-refractivity contribution in [3.63, 3.8) is 0 Å². The van der Waals surface area contributed by atoms with Crippen LogP contribution in [0, 0.1) is 41.2 Å². The maximum absolute atomic E-state index is 13.9. The van der Waals surface area contributed by atoms with Crippen molar-refractivity contribution in [3.05, 3.63) is 117 Å². The molecule has 0 saturated carbocycles. The average molecular weight is 611 g/mol. The zero-order valence-electron chi connectivity index (χ0n) is 22.0. The van der Waals surface area contributed by atoms with E-state index in [0.29, 0.717) is 18.9 Å². The molecule has 0 aliphatic carbocycles. The average Bonchev–Trinajstić information content (AvgIpc) is 3.44. The first-order valence-electron chi connectivity index (χ1n) is 12.3. The van der Waals surface area contributed by atoms with Gasteiger partial charge in [0.15, 0.2) is 28.8 Å². The number of aromatic nitrogens is 2. The molecule has 1 aliphatic heterocycles. The Bertz CT molecular complexity index is 1740. The van der Waals surface area contributed by atoms with Crippen molar-refractivity contribution in [2.45, 2.75) is 13.2 Å². The largest absolute Gasteiger partial charge is 0.484 e. The molecule has 0 bridgehead atoms. The van der Waals surface area contributed by atoms with Crippen LogP contribution in [0.3, 0.4) is 0 Å². The molecule has 0 atom stereocenters. The zero-order chi connectivity index (χ0) is 30.9. The smallest absolute Gasteiger partial charge is 0.323 e. The second-order valence-electron chi connectivity index (χ2n) is 8.60. The van der Waals surface area contributed by atoms with Crippen molar-refractivity contribution in [1.29, 1.82) is 5.26 Å². The lowest BCUT2D eigenvalue weighted by Crippen LogP contribution is -2.28. The Balaban J connectivity index is 0.000000203. The molecule has 1 fully saturated rings. The molecule has 1 N–H and O–H groups in total. The van der Waals surface area contributed by atoms with E-state index in [1.165, 1.54) is 47.4 Å². The molecule has 0 radical (unpaired) electrons. The third-order valence-electron chi connectivity index (χ3n) is 5.76. The third-order valence-corrected chi connectivity index (χ3v) is 5.97. The first-order chi connectivity index (χ1) is 20.7. The Hall–Kier alpha value is -5.40. The zero-order valence-corrected chi connectivity index (χ0v) is 22.7. The number of pyridine rings is 2. The molecule has 1 aliphatic rings. The molecule has 0 spiro atoms. The summed E-state index contributed by atoms with van der Waals surface area (Å²) in [6.45, 7) is 7.18. The molecule has 4 aromatic rings. The van der Waals surface area contributed by atoms with Crippen LogP contribution in [0.25, 0.3) is 4.85 Å². The van der Waals surface area contributed by atoms with Gasteiger partial charge in [0.25, 0.3) is 0 Å². The van der Waals surface area contributed by atoms with Crippen LogP contribution in [0.15, 0.2) is 60.7 Å². The summed E-state index contributed by atoms with van der Waals surface area (Å²) in [5.74, 6) is -2.49. The third kappa shape index (κ3) is 7.87. The molecule has 3 heterocycles. The number of hydrogen-bond acceptors (Lipinski definition) is 6. The predicted molar refractivity (Wildman–Crippen MR) is 147 cm³/mol. The summed E-state index contributed by atoms with van der Waals surface area (Å²) in [5, 5.41) is 11.3. The molecule has 43 heavy (non-hydrogen) atoms. The molecule has 9 nitrogen and oxygen atoms in total. The fraction of sp³-hybridized carbons (Fsp3) is 0.138. The molecule has 2 amide bonds. The SMILES string of the molecule is N#Cc1ccc(OCc2nc(Cl)ccc2F)c(F)c1.[C-]#[N+]c1ccc(OCc2nc(N3CCNC3=O)ccc2F)c(F)c1. The highest BCUT2D eigenvalue weighted by Crippen LogP contribution is 2.25. The van der Waals surface area contributed by atoms with Crippen LogP contribution in [0.4, 0.5) is 33.9 Å². The molecule has 14 heteroatoms. The summed E-state index contributed by atoms with van der Waals surface area (Å²) in [6.07, 6.45) is 0. The topological polar surface area (TPSA) is 105 Å². The predicted octanol–water partition coefficient (Wildman–Crippen LogP) is 6.48. The van der Waals surface area contributed by atoms with Gasteiger partial charge in [-0.1, -0.05) is 17.7 Å². The molecule has 2 aromatic heterocycles. The minimum atomic E-state index is -0.709. The fourth-order valence-electron chi connectivity index (χ4n) is 3.63. The van der Waals surface area contributed by atoms with E-state index >= 15 is 0 Å². The van der Waals surface area contributed by atoms with Gasteiger partial charge in [0, 0.05) is 13.1 Å². The number of rotatable bonds is 7. The maximum atomic E-state index is 13.9. The Morgan fingerprint density at radius 1 is 0.907 bits per heavy atom. The van der Waals surface area contributed by atoms with Gasteiger partial charge in [0.05, 0.1) is 18.2 Å². The molecule has 0 unspecified atom stereocenters. The van der Waals surface area contributed by atoms with Crippen molar-refractivity contribution in [2.24, 2.45) is 0 Å². The number of halogens is 5. The van der Waals surface area contributed by atoms with Crippen molar-refractivity contribution in [3.8, 4) is 17.6 Å². The van der Waals surface area contributed by atoms with Gasteiger partial charge in [-0.15, -0.1) is 0 Å². The minimum absolute atomic E-state index is 0.0174. The molecule has 218 valence electrons. The summed E-state index contributed by atoms with van der Waals surface area (Å²) in [5.41, 5.74) is 0.264. The number of carbonyl (C=O) groups excluding carboxylic acids is 1. The van der Waals surface area contributed by atoms with Crippen LogP contribution >= 0.6 is 11.6 Å². The number of hydrogen-bond donors (Lipinski definition) is 1. The van der Waals surface area contributed by atoms with E-state index in [9.17, 15) is 22.4 Å². The van der Waals surface area contributed by atoms with E-state index in [4.69, 9.17) is 32.9 Å². The molecular weight excluding hydrogens is 592 g/mol. The second kappa shape index (κ2) is 14.0. The number of benzene rings is 2. The minimum Gasteiger partial charge on any atom is -0.484 e. The number of amides is 2. The van der Waals surface area contributed by atoms with E-state index in [1.54, 1.807) is 6.07 Å². The Morgan fingerprint density at radius 2 is 1.53 bits per heavy atom. The van der Waals surface area contributed by atoms with Gasteiger partial charge < -0.3 is 14.8 Å². The van der Waals surface area contributed by atoms with Crippen LogP contribution in [0.1, 0.15) is 17.0 Å². The lowest BCUT2D eigenvalue weighted by atomic mass is 10.2. The normalized spacial score (nSPS) is 12.0. The van der Waals surface area contributed by atoms with E-state index in [1.807, 2.05) is 0 Å². The van der Waals surface area contributed by atoms with Crippen molar-refractivity contribution in [1.82, 2.24) is 15.3 Å². The monoisotopic (exact) mass is 610 g/mol. The summed E-state index contributed by atoms with van der Waals surface area (Å²) < 4.78 is 64.9. The first-order valence-corrected chi connectivity index (χ1v) is 12.7. The van der Waals surface area contributed by atoms with Gasteiger partial charge in [-0.05, 0) is 54.6 Å². The summed E-state index contributed by atoms with van der Waals surface area (Å²) in [7, 11) is 0. The number of nitrogens with zero attached hydrogens (tertiary/aromatic N) is 5. The summed E-state index contributed by atoms with van der Waals surface area (Å²) in [4.78, 5) is 23.9. The molecule has 1 saturated heterocycles. The van der Waals surface area contributed by atoms with Crippen LogP contribution in [0.5, 0.6) is 11.5 Å². The Kier molecular flexibility index (Phi) is 9.93. The summed E-state index contributed by atoms with van der Waals surface area (Å²) >= 11 is 5.63. The van der Waals surface area contributed by atoms with Gasteiger partial charge in [-0.2, -0.15) is 5.26 Å². The number of urea groups is 1. The second-order valence-corrected chi connectivity index (χ2v) is 8.99. The summed E-state index contributed by atoms with van der Waals surface area (Å²) in [6, 6.07) is 14.0. The van der Waals surface area contributed by atoms with Crippen molar-refractivity contribution >= 4 is 29.1 Å². The van der Waals surface area contributed by atoms with Crippen molar-refractivity contribution < 1.29 is 31.8 Å². The van der Waals surface area contributed by atoms with Gasteiger partial charge >= 0.3 is 6.03 Å². The highest BCUT2D eigenvalue weighted by molar-refractivity contribution is 6.29. The highest BCUT2D eigenvalue weighted by atomic mass is 35.5. The highest BCUT2D eigenvalue weighted by Gasteiger charge is 2.23. The number of nitrogens with one attached hydrogen (secondary N) is 1. The standard InChI is InChI=1S/C16H12F2N4O2.C13H7ClF2N2O/c1-19-10-2-4-14(12(18)8-10)24-9-13-11(17)3-5-15(21-13)22-7-6-20-16(22)23;14-13-4-2-9(15)11(18-13)7-19-12-3-1-8(6-17)5-10(12)16/h2-5,8H,6-7,9H2,(H,20,23);1-5H,7H2. The molecule has 2 aromatic carbocycles. The number of carbonyl (C=O) groups is 1. The Labute approximate surface area is 247 Å². The Morgan fingerprint density at radius 3 is 2.12 bits per heavy atom. The fourth-order valence-corrected chi connectivity index (χ4v) is 3.79. The van der Waals surface area contributed by atoms with Crippen LogP contribution in [0.2, 0.25) is 5.15 Å². The number of anilines is 1. The van der Waals surface area contributed by atoms with Gasteiger partial charge in [0.2, 0.25) is 0 Å². The van der Waals surface area contributed by atoms with Crippen molar-refractivity contribution in [2.75, 3.05) is 18.0 Å². The van der Waals surface area contributed by atoms with Crippen LogP contribution in [-0.2, 0) is 13.2 Å². The van der Waals surface area contributed by atoms with Crippen LogP contribution in [-0.4, -0.2) is 29.1 Å².